The summed E-state index contributed by atoms with van der Waals surface area (Å²) in [6, 6.07) is 1.57. The van der Waals surface area contributed by atoms with Gasteiger partial charge in [-0.3, -0.25) is 4.68 Å². The van der Waals surface area contributed by atoms with Gasteiger partial charge in [-0.05, 0) is 6.42 Å². The van der Waals surface area contributed by atoms with Crippen LogP contribution in [0.15, 0.2) is 18.5 Å². The van der Waals surface area contributed by atoms with Crippen molar-refractivity contribution >= 4 is 5.82 Å². The number of aromatic nitrogens is 4. The second kappa shape index (κ2) is 6.14. The molecule has 0 bridgehead atoms. The molecule has 2 heterocycles. The molecule has 2 aromatic heterocycles. The molecule has 0 fully saturated rings. The van der Waals surface area contributed by atoms with Gasteiger partial charge in [-0.15, -0.1) is 0 Å². The molecule has 19 heavy (non-hydrogen) atoms. The van der Waals surface area contributed by atoms with E-state index in [1.807, 2.05) is 10.9 Å². The predicted molar refractivity (Wildman–Crippen MR) is 69.7 cm³/mol. The minimum atomic E-state index is 0.288. The van der Waals surface area contributed by atoms with Gasteiger partial charge < -0.3 is 15.2 Å². The Balaban J connectivity index is 2.12. The minimum absolute atomic E-state index is 0.288. The number of hydrogen-bond donors (Lipinski definition) is 1. The Morgan fingerprint density at radius 2 is 2.21 bits per heavy atom. The fourth-order valence-corrected chi connectivity index (χ4v) is 1.61. The number of nitrogens with zero attached hydrogens (tertiary/aromatic N) is 4. The molecule has 0 saturated carbocycles. The molecule has 2 rings (SSSR count). The van der Waals surface area contributed by atoms with Crippen molar-refractivity contribution in [1.29, 1.82) is 0 Å². The van der Waals surface area contributed by atoms with Crippen LogP contribution in [0.5, 0.6) is 11.6 Å². The van der Waals surface area contributed by atoms with Crippen LogP contribution in [0.25, 0.3) is 0 Å². The fraction of sp³-hybridized carbons (Fsp3) is 0.417. The molecule has 0 saturated heterocycles. The number of ether oxygens (including phenoxy) is 2. The van der Waals surface area contributed by atoms with Gasteiger partial charge in [0.15, 0.2) is 11.6 Å². The summed E-state index contributed by atoms with van der Waals surface area (Å²) in [5, 5.41) is 4.18. The quantitative estimate of drug-likeness (QED) is 0.851. The van der Waals surface area contributed by atoms with Crippen molar-refractivity contribution in [2.75, 3.05) is 12.8 Å². The van der Waals surface area contributed by atoms with E-state index in [0.29, 0.717) is 23.3 Å². The first kappa shape index (κ1) is 13.3. The van der Waals surface area contributed by atoms with Gasteiger partial charge in [0, 0.05) is 19.7 Å². The number of aryl methyl sites for hydroxylation is 1. The topological polar surface area (TPSA) is 88.1 Å². The van der Waals surface area contributed by atoms with E-state index in [-0.39, 0.29) is 6.61 Å². The Bertz CT molecular complexity index is 541. The van der Waals surface area contributed by atoms with Crippen molar-refractivity contribution in [2.24, 2.45) is 0 Å². The van der Waals surface area contributed by atoms with Crippen LogP contribution in [0.4, 0.5) is 5.82 Å². The van der Waals surface area contributed by atoms with Crippen LogP contribution >= 0.6 is 0 Å². The van der Waals surface area contributed by atoms with Crippen LogP contribution < -0.4 is 10.5 Å². The molecule has 2 N–H and O–H groups in total. The fourth-order valence-electron chi connectivity index (χ4n) is 1.61. The van der Waals surface area contributed by atoms with E-state index >= 15 is 0 Å². The summed E-state index contributed by atoms with van der Waals surface area (Å²) in [6.45, 7) is 3.23. The molecular weight excluding hydrogens is 246 g/mol. The SMILES string of the molecule is CCCn1cc(Oc2cc(N)nc(COC)n2)cn1. The smallest absolute Gasteiger partial charge is 0.224 e. The first-order valence-corrected chi connectivity index (χ1v) is 6.04. The summed E-state index contributed by atoms with van der Waals surface area (Å²) in [5.74, 6) is 1.84. The Hall–Kier alpha value is -2.15. The predicted octanol–water partition coefficient (Wildman–Crippen LogP) is 1.60. The molecule has 7 nitrogen and oxygen atoms in total. The normalized spacial score (nSPS) is 10.6. The average Bonchev–Trinajstić information content (AvgIpc) is 2.76. The Kier molecular flexibility index (Phi) is 4.30. The molecule has 102 valence electrons. The lowest BCUT2D eigenvalue weighted by atomic mass is 10.5. The zero-order chi connectivity index (χ0) is 13.7. The lowest BCUT2D eigenvalue weighted by molar-refractivity contribution is 0.177. The third kappa shape index (κ3) is 3.65. The lowest BCUT2D eigenvalue weighted by Crippen LogP contribution is -2.02. The van der Waals surface area contributed by atoms with Crippen molar-refractivity contribution in [3.05, 3.63) is 24.3 Å². The zero-order valence-electron chi connectivity index (χ0n) is 11.0. The number of rotatable bonds is 6. The molecule has 0 spiro atoms. The largest absolute Gasteiger partial charge is 0.436 e. The highest BCUT2D eigenvalue weighted by molar-refractivity contribution is 5.34. The molecule has 0 aromatic carbocycles. The summed E-state index contributed by atoms with van der Waals surface area (Å²) in [7, 11) is 1.57. The van der Waals surface area contributed by atoms with E-state index in [9.17, 15) is 0 Å². The highest BCUT2D eigenvalue weighted by Gasteiger charge is 2.06. The maximum Gasteiger partial charge on any atom is 0.224 e. The molecule has 0 atom stereocenters. The van der Waals surface area contributed by atoms with Gasteiger partial charge in [-0.1, -0.05) is 6.92 Å². The van der Waals surface area contributed by atoms with E-state index in [4.69, 9.17) is 15.2 Å². The van der Waals surface area contributed by atoms with Crippen molar-refractivity contribution in [3.8, 4) is 11.6 Å². The van der Waals surface area contributed by atoms with E-state index < -0.39 is 0 Å². The van der Waals surface area contributed by atoms with Gasteiger partial charge in [0.25, 0.3) is 0 Å². The molecule has 0 aliphatic rings. The third-order valence-corrected chi connectivity index (χ3v) is 2.33. The standard InChI is InChI=1S/C12H17N5O2/c1-3-4-17-7-9(6-14-17)19-12-5-10(13)15-11(16-12)8-18-2/h5-7H,3-4,8H2,1-2H3,(H2,13,15,16). The van der Waals surface area contributed by atoms with Crippen molar-refractivity contribution in [1.82, 2.24) is 19.7 Å². The van der Waals surface area contributed by atoms with Crippen LogP contribution in [0, 0.1) is 0 Å². The van der Waals surface area contributed by atoms with Gasteiger partial charge in [0.05, 0.1) is 12.4 Å². The molecule has 0 unspecified atom stereocenters. The summed E-state index contributed by atoms with van der Waals surface area (Å²) in [4.78, 5) is 8.24. The molecule has 7 heteroatoms. The maximum atomic E-state index is 5.69. The molecule has 2 aromatic rings. The highest BCUT2D eigenvalue weighted by atomic mass is 16.5. The highest BCUT2D eigenvalue weighted by Crippen LogP contribution is 2.20. The maximum absolute atomic E-state index is 5.69. The number of anilines is 1. The van der Waals surface area contributed by atoms with Crippen LogP contribution in [0.3, 0.4) is 0 Å². The van der Waals surface area contributed by atoms with Crippen LogP contribution in [0.2, 0.25) is 0 Å². The molecule has 0 aliphatic heterocycles. The van der Waals surface area contributed by atoms with E-state index in [1.165, 1.54) is 0 Å². The lowest BCUT2D eigenvalue weighted by Gasteiger charge is -2.05. The van der Waals surface area contributed by atoms with Crippen LogP contribution in [0.1, 0.15) is 19.2 Å². The van der Waals surface area contributed by atoms with E-state index in [0.717, 1.165) is 13.0 Å². The monoisotopic (exact) mass is 263 g/mol. The second-order valence-corrected chi connectivity index (χ2v) is 4.02. The summed E-state index contributed by atoms with van der Waals surface area (Å²) in [5.41, 5.74) is 5.69. The van der Waals surface area contributed by atoms with Gasteiger partial charge >= 0.3 is 0 Å². The third-order valence-electron chi connectivity index (χ3n) is 2.33. The average molecular weight is 263 g/mol. The summed E-state index contributed by atoms with van der Waals surface area (Å²) >= 11 is 0. The second-order valence-electron chi connectivity index (χ2n) is 4.02. The van der Waals surface area contributed by atoms with Gasteiger partial charge in [0.1, 0.15) is 12.4 Å². The number of methoxy groups -OCH3 is 1. The molecule has 0 aliphatic carbocycles. The van der Waals surface area contributed by atoms with E-state index in [2.05, 4.69) is 22.0 Å². The number of hydrogen-bond acceptors (Lipinski definition) is 6. The van der Waals surface area contributed by atoms with Crippen LogP contribution in [-0.4, -0.2) is 26.9 Å². The van der Waals surface area contributed by atoms with E-state index in [1.54, 1.807) is 19.4 Å². The first-order valence-electron chi connectivity index (χ1n) is 6.04. The Labute approximate surface area is 111 Å². The van der Waals surface area contributed by atoms with Crippen molar-refractivity contribution < 1.29 is 9.47 Å². The van der Waals surface area contributed by atoms with Gasteiger partial charge in [0.2, 0.25) is 5.88 Å². The van der Waals surface area contributed by atoms with Gasteiger partial charge in [-0.25, -0.2) is 4.98 Å². The van der Waals surface area contributed by atoms with Gasteiger partial charge in [-0.2, -0.15) is 10.1 Å². The van der Waals surface area contributed by atoms with Crippen LogP contribution in [-0.2, 0) is 17.9 Å². The number of nitrogen functional groups attached to an aromatic ring is 1. The molecule has 0 radical (unpaired) electrons. The minimum Gasteiger partial charge on any atom is -0.436 e. The first-order chi connectivity index (χ1) is 9.21. The van der Waals surface area contributed by atoms with Crippen molar-refractivity contribution in [2.45, 2.75) is 26.5 Å². The Morgan fingerprint density at radius 1 is 1.37 bits per heavy atom. The summed E-state index contributed by atoms with van der Waals surface area (Å²) < 4.78 is 12.4. The Morgan fingerprint density at radius 3 is 2.95 bits per heavy atom. The van der Waals surface area contributed by atoms with Crippen molar-refractivity contribution in [3.63, 3.8) is 0 Å². The molecule has 0 amide bonds. The summed E-state index contributed by atoms with van der Waals surface area (Å²) in [6.07, 6.45) is 4.47. The molecular formula is C12H17N5O2. The number of nitrogens with two attached hydrogens (primary N) is 1. The zero-order valence-corrected chi connectivity index (χ0v) is 11.0.